The van der Waals surface area contributed by atoms with Gasteiger partial charge in [0.1, 0.15) is 0 Å². The Labute approximate surface area is 68.6 Å². The van der Waals surface area contributed by atoms with E-state index in [-0.39, 0.29) is 23.5 Å². The number of aliphatic hydroxyl groups is 1. The van der Waals surface area contributed by atoms with Gasteiger partial charge in [-0.15, -0.1) is 0 Å². The van der Waals surface area contributed by atoms with Gasteiger partial charge in [0, 0.05) is 5.92 Å². The molecule has 0 radical (unpaired) electrons. The third-order valence-electron chi connectivity index (χ3n) is 2.54. The van der Waals surface area contributed by atoms with Crippen LogP contribution in [0.25, 0.3) is 0 Å². The van der Waals surface area contributed by atoms with Crippen molar-refractivity contribution in [2.24, 2.45) is 11.3 Å². The molecule has 11 heavy (non-hydrogen) atoms. The summed E-state index contributed by atoms with van der Waals surface area (Å²) < 4.78 is 5.35. The predicted octanol–water partition coefficient (Wildman–Crippen LogP) is 1.43. The van der Waals surface area contributed by atoms with Gasteiger partial charge < -0.3 is 9.84 Å². The van der Waals surface area contributed by atoms with Crippen LogP contribution in [0.5, 0.6) is 0 Å². The van der Waals surface area contributed by atoms with Crippen LogP contribution in [0.4, 0.5) is 0 Å². The highest BCUT2D eigenvalue weighted by atomic mass is 16.5. The van der Waals surface area contributed by atoms with E-state index in [4.69, 9.17) is 4.74 Å². The molecule has 0 saturated carbocycles. The van der Waals surface area contributed by atoms with E-state index in [1.807, 2.05) is 6.92 Å². The Balaban J connectivity index is 2.62. The number of aliphatic hydroxyl groups excluding tert-OH is 1. The molecule has 1 saturated heterocycles. The SMILES string of the molecule is CC1OCC(C(C)(C)C)C1O. The molecule has 66 valence electrons. The number of ether oxygens (including phenoxy) is 1. The van der Waals surface area contributed by atoms with E-state index in [2.05, 4.69) is 20.8 Å². The van der Waals surface area contributed by atoms with E-state index >= 15 is 0 Å². The monoisotopic (exact) mass is 158 g/mol. The zero-order valence-electron chi connectivity index (χ0n) is 7.79. The third-order valence-corrected chi connectivity index (χ3v) is 2.54. The summed E-state index contributed by atoms with van der Waals surface area (Å²) in [7, 11) is 0. The lowest BCUT2D eigenvalue weighted by atomic mass is 9.78. The molecular weight excluding hydrogens is 140 g/mol. The fourth-order valence-corrected chi connectivity index (χ4v) is 1.54. The first-order chi connectivity index (χ1) is 4.93. The molecule has 0 amide bonds. The van der Waals surface area contributed by atoms with Crippen molar-refractivity contribution in [3.63, 3.8) is 0 Å². The largest absolute Gasteiger partial charge is 0.390 e. The molecule has 1 heterocycles. The van der Waals surface area contributed by atoms with Crippen molar-refractivity contribution in [2.45, 2.75) is 39.9 Å². The smallest absolute Gasteiger partial charge is 0.0854 e. The van der Waals surface area contributed by atoms with Crippen LogP contribution in [0.15, 0.2) is 0 Å². The van der Waals surface area contributed by atoms with Gasteiger partial charge >= 0.3 is 0 Å². The Morgan fingerprint density at radius 3 is 2.09 bits per heavy atom. The molecule has 0 aromatic rings. The fraction of sp³-hybridized carbons (Fsp3) is 1.00. The average molecular weight is 158 g/mol. The van der Waals surface area contributed by atoms with E-state index < -0.39 is 0 Å². The van der Waals surface area contributed by atoms with E-state index in [0.29, 0.717) is 6.61 Å². The molecule has 0 spiro atoms. The van der Waals surface area contributed by atoms with E-state index in [9.17, 15) is 5.11 Å². The molecule has 1 fully saturated rings. The summed E-state index contributed by atoms with van der Waals surface area (Å²) in [6.07, 6.45) is -0.269. The summed E-state index contributed by atoms with van der Waals surface area (Å²) in [5, 5.41) is 9.67. The van der Waals surface area contributed by atoms with Gasteiger partial charge in [-0.3, -0.25) is 0 Å². The number of hydrogen-bond acceptors (Lipinski definition) is 2. The molecule has 3 atom stereocenters. The van der Waals surface area contributed by atoms with Gasteiger partial charge in [0.05, 0.1) is 18.8 Å². The second-order valence-corrected chi connectivity index (χ2v) is 4.50. The summed E-state index contributed by atoms with van der Waals surface area (Å²) in [5.41, 5.74) is 0.157. The van der Waals surface area contributed by atoms with Gasteiger partial charge in [-0.05, 0) is 12.3 Å². The molecular formula is C9H18O2. The summed E-state index contributed by atoms with van der Waals surface area (Å²) in [5.74, 6) is 0.289. The van der Waals surface area contributed by atoms with Crippen LogP contribution in [0, 0.1) is 11.3 Å². The number of rotatable bonds is 0. The molecule has 2 nitrogen and oxygen atoms in total. The molecule has 2 heteroatoms. The first kappa shape index (κ1) is 9.01. The van der Waals surface area contributed by atoms with Crippen molar-refractivity contribution < 1.29 is 9.84 Å². The second kappa shape index (κ2) is 2.76. The number of hydrogen-bond donors (Lipinski definition) is 1. The fourth-order valence-electron chi connectivity index (χ4n) is 1.54. The molecule has 0 aliphatic carbocycles. The first-order valence-electron chi connectivity index (χ1n) is 4.22. The van der Waals surface area contributed by atoms with E-state index in [1.54, 1.807) is 0 Å². The lowest BCUT2D eigenvalue weighted by molar-refractivity contribution is 0.0410. The maximum Gasteiger partial charge on any atom is 0.0854 e. The summed E-state index contributed by atoms with van der Waals surface area (Å²) in [6, 6.07) is 0. The molecule has 0 bridgehead atoms. The summed E-state index contributed by atoms with van der Waals surface area (Å²) >= 11 is 0. The topological polar surface area (TPSA) is 29.5 Å². The highest BCUT2D eigenvalue weighted by Crippen LogP contribution is 2.35. The predicted molar refractivity (Wildman–Crippen MR) is 44.4 cm³/mol. The van der Waals surface area contributed by atoms with Gasteiger partial charge in [0.2, 0.25) is 0 Å². The highest BCUT2D eigenvalue weighted by molar-refractivity contribution is 4.87. The Kier molecular flexibility index (Phi) is 2.26. The van der Waals surface area contributed by atoms with Crippen LogP contribution in [-0.4, -0.2) is 23.9 Å². The zero-order chi connectivity index (χ0) is 8.65. The van der Waals surface area contributed by atoms with Crippen molar-refractivity contribution in [3.05, 3.63) is 0 Å². The molecule has 1 N–H and O–H groups in total. The van der Waals surface area contributed by atoms with Crippen molar-refractivity contribution in [1.29, 1.82) is 0 Å². The van der Waals surface area contributed by atoms with Crippen LogP contribution in [0.3, 0.4) is 0 Å². The average Bonchev–Trinajstić information content (AvgIpc) is 2.11. The second-order valence-electron chi connectivity index (χ2n) is 4.50. The summed E-state index contributed by atoms with van der Waals surface area (Å²) in [6.45, 7) is 9.05. The molecule has 1 aliphatic rings. The Morgan fingerprint density at radius 1 is 1.36 bits per heavy atom. The van der Waals surface area contributed by atoms with E-state index in [0.717, 1.165) is 0 Å². The molecule has 1 aliphatic heterocycles. The van der Waals surface area contributed by atoms with Crippen molar-refractivity contribution in [3.8, 4) is 0 Å². The summed E-state index contributed by atoms with van der Waals surface area (Å²) in [4.78, 5) is 0. The highest BCUT2D eigenvalue weighted by Gasteiger charge is 2.39. The lowest BCUT2D eigenvalue weighted by Crippen LogP contribution is -2.33. The van der Waals surface area contributed by atoms with Crippen LogP contribution in [0.1, 0.15) is 27.7 Å². The minimum Gasteiger partial charge on any atom is -0.390 e. The van der Waals surface area contributed by atoms with Gasteiger partial charge in [-0.2, -0.15) is 0 Å². The molecule has 3 unspecified atom stereocenters. The van der Waals surface area contributed by atoms with Crippen molar-refractivity contribution >= 4 is 0 Å². The minimum atomic E-state index is -0.282. The van der Waals surface area contributed by atoms with Gasteiger partial charge in [-0.25, -0.2) is 0 Å². The maximum atomic E-state index is 9.67. The van der Waals surface area contributed by atoms with Gasteiger partial charge in [0.25, 0.3) is 0 Å². The van der Waals surface area contributed by atoms with Crippen molar-refractivity contribution in [1.82, 2.24) is 0 Å². The Hall–Kier alpha value is -0.0800. The maximum absolute atomic E-state index is 9.67. The van der Waals surface area contributed by atoms with Crippen molar-refractivity contribution in [2.75, 3.05) is 6.61 Å². The van der Waals surface area contributed by atoms with E-state index in [1.165, 1.54) is 0 Å². The van der Waals surface area contributed by atoms with Crippen LogP contribution >= 0.6 is 0 Å². The zero-order valence-corrected chi connectivity index (χ0v) is 7.79. The van der Waals surface area contributed by atoms with Gasteiger partial charge in [-0.1, -0.05) is 20.8 Å². The normalized spacial score (nSPS) is 39.5. The Morgan fingerprint density at radius 2 is 1.91 bits per heavy atom. The molecule has 1 rings (SSSR count). The van der Waals surface area contributed by atoms with Crippen LogP contribution in [-0.2, 0) is 4.74 Å². The molecule has 0 aromatic carbocycles. The van der Waals surface area contributed by atoms with Gasteiger partial charge in [0.15, 0.2) is 0 Å². The van der Waals surface area contributed by atoms with Crippen LogP contribution in [0.2, 0.25) is 0 Å². The minimum absolute atomic E-state index is 0.0132. The lowest BCUT2D eigenvalue weighted by Gasteiger charge is -2.28. The Bertz CT molecular complexity index is 137. The standard InChI is InChI=1S/C9H18O2/c1-6-8(10)7(5-11-6)9(2,3)4/h6-8,10H,5H2,1-4H3. The quantitative estimate of drug-likeness (QED) is 0.578. The first-order valence-corrected chi connectivity index (χ1v) is 4.22. The molecule has 0 aromatic heterocycles. The van der Waals surface area contributed by atoms with Crippen LogP contribution < -0.4 is 0 Å². The third kappa shape index (κ3) is 1.74.